The van der Waals surface area contributed by atoms with Crippen LogP contribution in [0.5, 0.6) is 17.4 Å². The van der Waals surface area contributed by atoms with Gasteiger partial charge in [-0.25, -0.2) is 8.42 Å². The van der Waals surface area contributed by atoms with Crippen LogP contribution in [-0.2, 0) is 30.6 Å². The minimum absolute atomic E-state index is 0.0609. The van der Waals surface area contributed by atoms with Crippen LogP contribution in [-0.4, -0.2) is 64.3 Å². The Hall–Kier alpha value is -5.89. The van der Waals surface area contributed by atoms with E-state index in [0.29, 0.717) is 24.5 Å². The van der Waals surface area contributed by atoms with Crippen molar-refractivity contribution in [1.82, 2.24) is 10.1 Å². The number of ether oxygens (including phenoxy) is 4. The van der Waals surface area contributed by atoms with E-state index >= 15 is 0 Å². The summed E-state index contributed by atoms with van der Waals surface area (Å²) in [6, 6.07) is 23.0. The average molecular weight is 728 g/mol. The normalized spacial score (nSPS) is 14.3. The molecule has 0 radical (unpaired) electrons. The summed E-state index contributed by atoms with van der Waals surface area (Å²) in [7, 11) is -1.08. The number of aryl methyl sites for hydroxylation is 1. The van der Waals surface area contributed by atoms with Crippen LogP contribution in [0.2, 0.25) is 0 Å². The van der Waals surface area contributed by atoms with E-state index in [9.17, 15) is 23.2 Å². The molecular weight excluding hydrogens is 690 g/mol. The van der Waals surface area contributed by atoms with Gasteiger partial charge in [0.2, 0.25) is 5.91 Å². The monoisotopic (exact) mass is 727 g/mol. The Balaban J connectivity index is 1.10. The molecule has 0 N–H and O–H groups in total. The van der Waals surface area contributed by atoms with Crippen molar-refractivity contribution in [3.63, 3.8) is 0 Å². The van der Waals surface area contributed by atoms with Crippen LogP contribution < -0.4 is 19.1 Å². The summed E-state index contributed by atoms with van der Waals surface area (Å²) in [6.45, 7) is 2.16. The van der Waals surface area contributed by atoms with E-state index in [1.54, 1.807) is 20.3 Å². The van der Waals surface area contributed by atoms with E-state index in [1.807, 2.05) is 42.2 Å². The fourth-order valence-electron chi connectivity index (χ4n) is 6.36. The number of nitrogens with zero attached hydrogens (tertiary/aromatic N) is 3. The largest absolute Gasteiger partial charge is 0.493 e. The molecule has 1 amide bonds. The zero-order chi connectivity index (χ0) is 36.8. The van der Waals surface area contributed by atoms with Crippen LogP contribution in [0.25, 0.3) is 10.8 Å². The Labute approximate surface area is 300 Å². The van der Waals surface area contributed by atoms with Crippen LogP contribution in [0.3, 0.4) is 0 Å². The predicted molar refractivity (Wildman–Crippen MR) is 188 cm³/mol. The van der Waals surface area contributed by atoms with Gasteiger partial charge in [-0.1, -0.05) is 54.6 Å². The molecule has 1 aliphatic rings. The average Bonchev–Trinajstić information content (AvgIpc) is 3.55. The first kappa shape index (κ1) is 35.9. The van der Waals surface area contributed by atoms with E-state index in [2.05, 4.69) is 28.0 Å². The smallest absolute Gasteiger partial charge is 0.415 e. The highest BCUT2D eigenvalue weighted by Gasteiger charge is 2.36. The van der Waals surface area contributed by atoms with Gasteiger partial charge in [0, 0.05) is 13.0 Å². The molecule has 0 bridgehead atoms. The lowest BCUT2D eigenvalue weighted by molar-refractivity contribution is -0.832. The molecule has 1 unspecified atom stereocenters. The van der Waals surface area contributed by atoms with Gasteiger partial charge in [0.1, 0.15) is 13.2 Å². The molecular formula is C38H37N3O10S. The maximum Gasteiger partial charge on any atom is 0.415 e. The Kier molecular flexibility index (Phi) is 10.7. The fraction of sp³-hybridized carbons (Fsp3) is 0.263. The van der Waals surface area contributed by atoms with E-state index in [0.717, 1.165) is 33.0 Å². The number of carbonyl (C=O) groups excluding carboxylic acids is 2. The summed E-state index contributed by atoms with van der Waals surface area (Å²) in [5, 5.41) is 16.8. The van der Waals surface area contributed by atoms with Crippen LogP contribution in [0, 0.1) is 12.1 Å². The van der Waals surface area contributed by atoms with Gasteiger partial charge in [-0.15, -0.1) is 0 Å². The van der Waals surface area contributed by atoms with Crippen molar-refractivity contribution in [1.29, 1.82) is 0 Å². The Morgan fingerprint density at radius 2 is 1.67 bits per heavy atom. The molecule has 13 nitrogen and oxygen atoms in total. The van der Waals surface area contributed by atoms with E-state index in [4.69, 9.17) is 18.9 Å². The van der Waals surface area contributed by atoms with Gasteiger partial charge in [0.05, 0.1) is 36.7 Å². The number of amides is 1. The number of hydrogen-bond donors (Lipinski definition) is 0. The number of sulfone groups is 1. The summed E-state index contributed by atoms with van der Waals surface area (Å²) in [5.41, 5.74) is 4.03. The number of aromatic nitrogens is 2. The molecule has 1 aromatic heterocycles. The molecule has 5 aromatic rings. The Morgan fingerprint density at radius 1 is 0.962 bits per heavy atom. The number of methoxy groups -OCH3 is 2. The van der Waals surface area contributed by atoms with Gasteiger partial charge in [-0.05, 0) is 87.7 Å². The molecule has 4 aromatic carbocycles. The van der Waals surface area contributed by atoms with Crippen LogP contribution in [0.1, 0.15) is 41.1 Å². The molecule has 1 aliphatic heterocycles. The highest BCUT2D eigenvalue weighted by atomic mass is 32.2. The maximum atomic E-state index is 13.9. The SMILES string of the molecule is COc1cc2c(cc1OC)C(c1c(C)ccc3ccccc13)N(C(=O)CCC(=O)OC/C=C/COc1no[n+]([O-])c1S(=O)(=O)c1ccccc1)CC2. The van der Waals surface area contributed by atoms with E-state index < -0.39 is 32.8 Å². The third kappa shape index (κ3) is 7.28. The quantitative estimate of drug-likeness (QED) is 0.0907. The third-order valence-corrected chi connectivity index (χ3v) is 10.6. The lowest BCUT2D eigenvalue weighted by atomic mass is 9.83. The second-order valence-corrected chi connectivity index (χ2v) is 13.9. The fourth-order valence-corrected chi connectivity index (χ4v) is 7.66. The van der Waals surface area contributed by atoms with Gasteiger partial charge in [0.25, 0.3) is 9.84 Å². The lowest BCUT2D eigenvalue weighted by Gasteiger charge is -2.39. The number of esters is 1. The number of hydrogen-bond acceptors (Lipinski definition) is 11. The summed E-state index contributed by atoms with van der Waals surface area (Å²) >= 11 is 0. The first-order valence-corrected chi connectivity index (χ1v) is 18.0. The molecule has 0 aliphatic carbocycles. The maximum absolute atomic E-state index is 13.9. The first-order chi connectivity index (χ1) is 25.1. The molecule has 0 saturated carbocycles. The third-order valence-electron chi connectivity index (χ3n) is 8.88. The molecule has 0 saturated heterocycles. The molecule has 52 heavy (non-hydrogen) atoms. The van der Waals surface area contributed by atoms with Gasteiger partial charge in [0.15, 0.2) is 11.5 Å². The second kappa shape index (κ2) is 15.6. The molecule has 1 atom stereocenters. The van der Waals surface area contributed by atoms with Gasteiger partial charge < -0.3 is 29.1 Å². The molecule has 0 spiro atoms. The minimum atomic E-state index is -4.26. The van der Waals surface area contributed by atoms with Crippen molar-refractivity contribution in [2.75, 3.05) is 34.0 Å². The lowest BCUT2D eigenvalue weighted by Crippen LogP contribution is -2.41. The first-order valence-electron chi connectivity index (χ1n) is 16.5. The predicted octanol–water partition coefficient (Wildman–Crippen LogP) is 5.05. The summed E-state index contributed by atoms with van der Waals surface area (Å²) in [4.78, 5) is 28.1. The topological polar surface area (TPSA) is 161 Å². The van der Waals surface area contributed by atoms with Crippen molar-refractivity contribution in [2.24, 2.45) is 0 Å². The number of fused-ring (bicyclic) bond motifs is 2. The van der Waals surface area contributed by atoms with Crippen LogP contribution in [0.4, 0.5) is 0 Å². The highest BCUT2D eigenvalue weighted by molar-refractivity contribution is 7.91. The van der Waals surface area contributed by atoms with E-state index in [1.165, 1.54) is 36.4 Å². The summed E-state index contributed by atoms with van der Waals surface area (Å²) in [6.07, 6.45) is 3.35. The van der Waals surface area contributed by atoms with Crippen molar-refractivity contribution < 1.29 is 46.5 Å². The second-order valence-electron chi connectivity index (χ2n) is 12.0. The molecule has 14 heteroatoms. The number of carbonyl (C=O) groups is 2. The molecule has 2 heterocycles. The number of benzene rings is 4. The zero-order valence-electron chi connectivity index (χ0n) is 28.8. The van der Waals surface area contributed by atoms with Crippen molar-refractivity contribution in [3.05, 3.63) is 118 Å². The summed E-state index contributed by atoms with van der Waals surface area (Å²) < 4.78 is 52.2. The standard InChI is InChI=1S/C38H37N3O10S/c1-25-15-16-26-11-7-8-14-29(26)35(25)36-30-24-32(48-3)31(47-2)23-27(30)19-20-40(36)33(42)17-18-34(43)49-21-9-10-22-50-37-38(41(44)51-39-37)52(45,46)28-12-5-4-6-13-28/h4-16,23-24,36H,17-22H2,1-3H3/b10-9+. The number of rotatable bonds is 13. The van der Waals surface area contributed by atoms with Crippen molar-refractivity contribution in [2.45, 2.75) is 42.1 Å². The van der Waals surface area contributed by atoms with Crippen LogP contribution >= 0.6 is 0 Å². The Bertz CT molecular complexity index is 2230. The van der Waals surface area contributed by atoms with Crippen molar-refractivity contribution in [3.8, 4) is 17.4 Å². The van der Waals surface area contributed by atoms with Crippen molar-refractivity contribution >= 4 is 32.5 Å². The van der Waals surface area contributed by atoms with E-state index in [-0.39, 0.29) is 41.8 Å². The molecule has 6 rings (SSSR count). The van der Waals surface area contributed by atoms with Crippen LogP contribution in [0.15, 0.2) is 106 Å². The zero-order valence-corrected chi connectivity index (χ0v) is 29.6. The molecule has 270 valence electrons. The van der Waals surface area contributed by atoms with Gasteiger partial charge >= 0.3 is 16.9 Å². The van der Waals surface area contributed by atoms with Gasteiger partial charge in [-0.3, -0.25) is 14.2 Å². The highest BCUT2D eigenvalue weighted by Crippen LogP contribution is 2.44. The Morgan fingerprint density at radius 3 is 2.44 bits per heavy atom. The summed E-state index contributed by atoms with van der Waals surface area (Å²) in [5.74, 6) is -0.0849. The molecule has 0 fully saturated rings. The minimum Gasteiger partial charge on any atom is -0.493 e. The van der Waals surface area contributed by atoms with Gasteiger partial charge in [-0.2, -0.15) is 0 Å².